The summed E-state index contributed by atoms with van der Waals surface area (Å²) in [5.41, 5.74) is -1.18. The molecule has 1 rings (SSSR count). The third kappa shape index (κ3) is 4.11. The molecule has 114 valence electrons. The van der Waals surface area contributed by atoms with Gasteiger partial charge in [0, 0.05) is 13.6 Å². The molecular weight excluding hydrogens is 262 g/mol. The van der Waals surface area contributed by atoms with E-state index >= 15 is 0 Å². The first-order valence-corrected chi connectivity index (χ1v) is 6.94. The third-order valence-electron chi connectivity index (χ3n) is 3.51. The number of hydrogen-bond donors (Lipinski definition) is 3. The Morgan fingerprint density at radius 2 is 1.85 bits per heavy atom. The van der Waals surface area contributed by atoms with E-state index in [1.54, 1.807) is 0 Å². The van der Waals surface area contributed by atoms with Crippen LogP contribution in [0.5, 0.6) is 0 Å². The highest BCUT2D eigenvalue weighted by atomic mass is 16.4. The molecule has 3 amide bonds. The van der Waals surface area contributed by atoms with Crippen LogP contribution < -0.4 is 10.6 Å². The first-order chi connectivity index (χ1) is 9.41. The van der Waals surface area contributed by atoms with Crippen molar-refractivity contribution in [1.82, 2.24) is 15.5 Å². The van der Waals surface area contributed by atoms with Gasteiger partial charge in [-0.25, -0.2) is 9.59 Å². The van der Waals surface area contributed by atoms with E-state index in [1.165, 1.54) is 11.9 Å². The van der Waals surface area contributed by atoms with Crippen LogP contribution in [0.3, 0.4) is 0 Å². The van der Waals surface area contributed by atoms with Crippen LogP contribution >= 0.6 is 0 Å². The van der Waals surface area contributed by atoms with Crippen LogP contribution in [0, 0.1) is 0 Å². The molecule has 7 heteroatoms. The second kappa shape index (κ2) is 7.12. The van der Waals surface area contributed by atoms with Gasteiger partial charge in [0.2, 0.25) is 5.91 Å². The lowest BCUT2D eigenvalue weighted by Crippen LogP contribution is -2.56. The second-order valence-corrected chi connectivity index (χ2v) is 5.23. The average Bonchev–Trinajstić information content (AvgIpc) is 2.86. The summed E-state index contributed by atoms with van der Waals surface area (Å²) in [5.74, 6) is -1.26. The number of likely N-dealkylation sites (N-methyl/N-ethyl adjacent to an activating group) is 1. The van der Waals surface area contributed by atoms with Gasteiger partial charge in [0.15, 0.2) is 0 Å². The number of aliphatic carboxylic acids is 1. The van der Waals surface area contributed by atoms with Gasteiger partial charge in [-0.15, -0.1) is 0 Å². The van der Waals surface area contributed by atoms with Crippen LogP contribution in [0.15, 0.2) is 0 Å². The van der Waals surface area contributed by atoms with Crippen molar-refractivity contribution < 1.29 is 19.5 Å². The lowest BCUT2D eigenvalue weighted by atomic mass is 9.98. The Bertz CT molecular complexity index is 378. The maximum atomic E-state index is 12.0. The summed E-state index contributed by atoms with van der Waals surface area (Å²) in [6, 6.07) is -0.527. The first-order valence-electron chi connectivity index (χ1n) is 6.94. The molecule has 0 heterocycles. The SMILES string of the molecule is CCCNC(=O)CN(C)C(=O)NC1(C(=O)O)CCCC1. The standard InChI is InChI=1S/C13H23N3O4/c1-3-8-14-10(17)9-16(2)12(20)15-13(11(18)19)6-4-5-7-13/h3-9H2,1-2H3,(H,14,17)(H,15,20)(H,18,19). The molecule has 0 unspecified atom stereocenters. The summed E-state index contributed by atoms with van der Waals surface area (Å²) in [5, 5.41) is 14.5. The van der Waals surface area contributed by atoms with Crippen molar-refractivity contribution in [3.05, 3.63) is 0 Å². The average molecular weight is 285 g/mol. The number of rotatable bonds is 6. The predicted molar refractivity (Wildman–Crippen MR) is 73.3 cm³/mol. The minimum Gasteiger partial charge on any atom is -0.480 e. The Kier molecular flexibility index (Phi) is 5.79. The van der Waals surface area contributed by atoms with E-state index in [1.807, 2.05) is 6.92 Å². The summed E-state index contributed by atoms with van der Waals surface area (Å²) in [6.07, 6.45) is 3.26. The molecule has 0 aromatic carbocycles. The summed E-state index contributed by atoms with van der Waals surface area (Å²) in [6.45, 7) is 2.42. The molecule has 1 saturated carbocycles. The molecule has 1 aliphatic carbocycles. The minimum absolute atomic E-state index is 0.0818. The topological polar surface area (TPSA) is 98.7 Å². The molecule has 0 aromatic heterocycles. The summed E-state index contributed by atoms with van der Waals surface area (Å²) in [4.78, 5) is 36.0. The highest BCUT2D eigenvalue weighted by molar-refractivity contribution is 5.88. The second-order valence-electron chi connectivity index (χ2n) is 5.23. The fourth-order valence-corrected chi connectivity index (χ4v) is 2.28. The molecule has 0 bridgehead atoms. The number of carbonyl (C=O) groups excluding carboxylic acids is 2. The van der Waals surface area contributed by atoms with Crippen LogP contribution in [0.2, 0.25) is 0 Å². The largest absolute Gasteiger partial charge is 0.480 e. The molecule has 1 fully saturated rings. The first kappa shape index (κ1) is 16.3. The van der Waals surface area contributed by atoms with Crippen LogP contribution in [-0.4, -0.2) is 53.6 Å². The van der Waals surface area contributed by atoms with Crippen molar-refractivity contribution in [2.75, 3.05) is 20.1 Å². The smallest absolute Gasteiger partial charge is 0.329 e. The lowest BCUT2D eigenvalue weighted by molar-refractivity contribution is -0.144. The molecule has 0 atom stereocenters. The van der Waals surface area contributed by atoms with Gasteiger partial charge < -0.3 is 20.6 Å². The maximum absolute atomic E-state index is 12.0. The fraction of sp³-hybridized carbons (Fsp3) is 0.769. The normalized spacial score (nSPS) is 16.5. The highest BCUT2D eigenvalue weighted by Gasteiger charge is 2.43. The van der Waals surface area contributed by atoms with E-state index in [0.717, 1.165) is 19.3 Å². The molecule has 7 nitrogen and oxygen atoms in total. The van der Waals surface area contributed by atoms with Gasteiger partial charge in [-0.3, -0.25) is 4.79 Å². The van der Waals surface area contributed by atoms with Crippen LogP contribution in [-0.2, 0) is 9.59 Å². The number of carboxylic acid groups (broad SMARTS) is 1. The molecule has 0 spiro atoms. The maximum Gasteiger partial charge on any atom is 0.329 e. The van der Waals surface area contributed by atoms with Crippen molar-refractivity contribution in [2.45, 2.75) is 44.6 Å². The quantitative estimate of drug-likeness (QED) is 0.663. The van der Waals surface area contributed by atoms with Crippen molar-refractivity contribution in [3.63, 3.8) is 0 Å². The van der Waals surface area contributed by atoms with Crippen LogP contribution in [0.25, 0.3) is 0 Å². The molecule has 1 aliphatic rings. The van der Waals surface area contributed by atoms with E-state index in [0.29, 0.717) is 19.4 Å². The monoisotopic (exact) mass is 285 g/mol. The zero-order valence-electron chi connectivity index (χ0n) is 12.1. The Balaban J connectivity index is 2.52. The minimum atomic E-state index is -1.18. The van der Waals surface area contributed by atoms with Gasteiger partial charge in [0.1, 0.15) is 12.1 Å². The molecule has 0 aromatic rings. The van der Waals surface area contributed by atoms with Crippen LogP contribution in [0.1, 0.15) is 39.0 Å². The number of carbonyl (C=O) groups is 3. The number of urea groups is 1. The predicted octanol–water partition coefficient (Wildman–Crippen LogP) is 0.551. The molecule has 3 N–H and O–H groups in total. The van der Waals surface area contributed by atoms with E-state index in [-0.39, 0.29) is 12.5 Å². The number of amides is 3. The highest BCUT2D eigenvalue weighted by Crippen LogP contribution is 2.30. The summed E-state index contributed by atoms with van der Waals surface area (Å²) < 4.78 is 0. The Morgan fingerprint density at radius 1 is 1.25 bits per heavy atom. The van der Waals surface area contributed by atoms with Crippen molar-refractivity contribution in [2.24, 2.45) is 0 Å². The number of carboxylic acids is 1. The molecule has 0 radical (unpaired) electrons. The lowest BCUT2D eigenvalue weighted by Gasteiger charge is -2.28. The Hall–Kier alpha value is -1.79. The fourth-order valence-electron chi connectivity index (χ4n) is 2.28. The number of nitrogens with one attached hydrogen (secondary N) is 2. The number of hydrogen-bond acceptors (Lipinski definition) is 3. The zero-order chi connectivity index (χ0) is 15.2. The van der Waals surface area contributed by atoms with Gasteiger partial charge in [-0.05, 0) is 19.3 Å². The Morgan fingerprint density at radius 3 is 2.35 bits per heavy atom. The van der Waals surface area contributed by atoms with E-state index in [9.17, 15) is 19.5 Å². The van der Waals surface area contributed by atoms with Gasteiger partial charge in [0.05, 0.1) is 0 Å². The Labute approximate surface area is 118 Å². The zero-order valence-corrected chi connectivity index (χ0v) is 12.1. The van der Waals surface area contributed by atoms with Gasteiger partial charge in [-0.2, -0.15) is 0 Å². The van der Waals surface area contributed by atoms with Crippen molar-refractivity contribution >= 4 is 17.9 Å². The summed E-state index contributed by atoms with van der Waals surface area (Å²) >= 11 is 0. The van der Waals surface area contributed by atoms with Gasteiger partial charge >= 0.3 is 12.0 Å². The number of nitrogens with zero attached hydrogens (tertiary/aromatic N) is 1. The van der Waals surface area contributed by atoms with Crippen LogP contribution in [0.4, 0.5) is 4.79 Å². The van der Waals surface area contributed by atoms with E-state index in [4.69, 9.17) is 0 Å². The third-order valence-corrected chi connectivity index (χ3v) is 3.51. The molecule has 0 saturated heterocycles. The molecule has 0 aliphatic heterocycles. The van der Waals surface area contributed by atoms with E-state index in [2.05, 4.69) is 10.6 Å². The van der Waals surface area contributed by atoms with Gasteiger partial charge in [0.25, 0.3) is 0 Å². The van der Waals surface area contributed by atoms with E-state index < -0.39 is 17.5 Å². The van der Waals surface area contributed by atoms with Crippen molar-refractivity contribution in [1.29, 1.82) is 0 Å². The van der Waals surface area contributed by atoms with Crippen molar-refractivity contribution in [3.8, 4) is 0 Å². The molecule has 20 heavy (non-hydrogen) atoms. The molecular formula is C13H23N3O4. The van der Waals surface area contributed by atoms with Gasteiger partial charge in [-0.1, -0.05) is 19.8 Å². The summed E-state index contributed by atoms with van der Waals surface area (Å²) in [7, 11) is 1.48.